The molecule has 210 valence electrons. The van der Waals surface area contributed by atoms with Crippen LogP contribution in [0.2, 0.25) is 0 Å². The van der Waals surface area contributed by atoms with Crippen molar-refractivity contribution in [2.24, 2.45) is 17.8 Å². The molecule has 3 aliphatic heterocycles. The molecule has 3 amide bonds. The molecule has 0 saturated carbocycles. The molecule has 11 nitrogen and oxygen atoms in total. The summed E-state index contributed by atoms with van der Waals surface area (Å²) in [5.74, 6) is -2.94. The number of rotatable bonds is 8. The second-order valence-corrected chi connectivity index (χ2v) is 12.2. The third kappa shape index (κ3) is 4.11. The SMILES string of the molecule is CC(C)[C@H](CO)N1C(=O)[C@@H]2[C@@H](C(=O)Nc3ccccc3)[C@@H]3OC2(CC3Br)C1C(=O)NCn1nnc2ccccc21. The number of amides is 3. The van der Waals surface area contributed by atoms with Gasteiger partial charge < -0.3 is 25.4 Å². The van der Waals surface area contributed by atoms with E-state index in [4.69, 9.17) is 4.74 Å². The highest BCUT2D eigenvalue weighted by atomic mass is 79.9. The Morgan fingerprint density at radius 3 is 2.60 bits per heavy atom. The van der Waals surface area contributed by atoms with Crippen LogP contribution in [0.5, 0.6) is 0 Å². The minimum atomic E-state index is -1.23. The summed E-state index contributed by atoms with van der Waals surface area (Å²) in [6.45, 7) is 3.48. The molecule has 3 unspecified atom stereocenters. The lowest BCUT2D eigenvalue weighted by Crippen LogP contribution is -2.59. The Labute approximate surface area is 239 Å². The number of anilines is 1. The van der Waals surface area contributed by atoms with Crippen LogP contribution in [0.4, 0.5) is 5.69 Å². The normalized spacial score (nSPS) is 29.7. The van der Waals surface area contributed by atoms with E-state index in [-0.39, 0.29) is 35.8 Å². The van der Waals surface area contributed by atoms with Crippen molar-refractivity contribution in [2.75, 3.05) is 11.9 Å². The van der Waals surface area contributed by atoms with Gasteiger partial charge in [0.05, 0.1) is 36.1 Å². The van der Waals surface area contributed by atoms with E-state index in [9.17, 15) is 19.5 Å². The number of aromatic nitrogens is 3. The Bertz CT molecular complexity index is 1450. The predicted octanol–water partition coefficient (Wildman–Crippen LogP) is 1.91. The average Bonchev–Trinajstić information content (AvgIpc) is 3.66. The van der Waals surface area contributed by atoms with Gasteiger partial charge in [0, 0.05) is 10.5 Å². The Hall–Kier alpha value is -3.35. The number of alkyl halides is 1. The summed E-state index contributed by atoms with van der Waals surface area (Å²) in [7, 11) is 0. The van der Waals surface area contributed by atoms with Gasteiger partial charge in [0.2, 0.25) is 17.7 Å². The maximum atomic E-state index is 14.2. The first-order chi connectivity index (χ1) is 19.3. The predicted molar refractivity (Wildman–Crippen MR) is 149 cm³/mol. The summed E-state index contributed by atoms with van der Waals surface area (Å²) >= 11 is 3.68. The lowest BCUT2D eigenvalue weighted by molar-refractivity contribution is -0.146. The summed E-state index contributed by atoms with van der Waals surface area (Å²) in [6.07, 6.45) is -0.207. The first-order valence-electron chi connectivity index (χ1n) is 13.4. The summed E-state index contributed by atoms with van der Waals surface area (Å²) in [6, 6.07) is 14.8. The molecule has 3 aliphatic rings. The number of aliphatic hydroxyl groups excluding tert-OH is 1. The molecule has 0 radical (unpaired) electrons. The number of carbonyl (C=O) groups excluding carboxylic acids is 3. The third-order valence-electron chi connectivity index (χ3n) is 8.46. The summed E-state index contributed by atoms with van der Waals surface area (Å²) < 4.78 is 8.11. The maximum absolute atomic E-state index is 14.2. The number of nitrogens with one attached hydrogen (secondary N) is 2. The number of fused-ring (bicyclic) bond motifs is 2. The van der Waals surface area contributed by atoms with Gasteiger partial charge in [-0.25, -0.2) is 4.68 Å². The zero-order chi connectivity index (χ0) is 28.2. The Morgan fingerprint density at radius 1 is 1.15 bits per heavy atom. The van der Waals surface area contributed by atoms with Crippen molar-refractivity contribution in [3.8, 4) is 0 Å². The lowest BCUT2D eigenvalue weighted by atomic mass is 9.70. The largest absolute Gasteiger partial charge is 0.394 e. The van der Waals surface area contributed by atoms with Crippen LogP contribution in [0.3, 0.4) is 0 Å². The Balaban J connectivity index is 1.34. The van der Waals surface area contributed by atoms with Gasteiger partial charge in [-0.1, -0.05) is 65.3 Å². The highest BCUT2D eigenvalue weighted by Gasteiger charge is 2.77. The molecule has 2 bridgehead atoms. The fourth-order valence-corrected chi connectivity index (χ4v) is 7.62. The Morgan fingerprint density at radius 2 is 1.88 bits per heavy atom. The van der Waals surface area contributed by atoms with Crippen LogP contribution in [-0.2, 0) is 25.8 Å². The molecule has 40 heavy (non-hydrogen) atoms. The topological polar surface area (TPSA) is 139 Å². The number of hydrogen-bond acceptors (Lipinski definition) is 7. The van der Waals surface area contributed by atoms with Crippen LogP contribution in [0.15, 0.2) is 54.6 Å². The van der Waals surface area contributed by atoms with Gasteiger partial charge >= 0.3 is 0 Å². The van der Waals surface area contributed by atoms with Gasteiger partial charge in [0.1, 0.15) is 23.8 Å². The molecule has 2 aromatic carbocycles. The molecule has 3 aromatic rings. The smallest absolute Gasteiger partial charge is 0.247 e. The first kappa shape index (κ1) is 26.9. The van der Waals surface area contributed by atoms with Crippen molar-refractivity contribution in [1.82, 2.24) is 25.2 Å². The molecule has 12 heteroatoms. The minimum absolute atomic E-state index is 0.0309. The molecule has 6 rings (SSSR count). The molecule has 3 saturated heterocycles. The van der Waals surface area contributed by atoms with Gasteiger partial charge in [-0.2, -0.15) is 0 Å². The zero-order valence-electron chi connectivity index (χ0n) is 22.1. The van der Waals surface area contributed by atoms with E-state index in [1.54, 1.807) is 16.8 Å². The fourth-order valence-electron chi connectivity index (χ4n) is 6.67. The number of hydrogen-bond donors (Lipinski definition) is 3. The summed E-state index contributed by atoms with van der Waals surface area (Å²) in [5, 5.41) is 24.5. The van der Waals surface area contributed by atoms with E-state index < -0.39 is 41.5 Å². The molecular formula is C28H31BrN6O5. The third-order valence-corrected chi connectivity index (χ3v) is 9.30. The second kappa shape index (κ2) is 10.2. The monoisotopic (exact) mass is 610 g/mol. The molecular weight excluding hydrogens is 580 g/mol. The van der Waals surface area contributed by atoms with E-state index in [1.165, 1.54) is 4.90 Å². The van der Waals surface area contributed by atoms with E-state index in [0.29, 0.717) is 17.6 Å². The molecule has 0 aliphatic carbocycles. The molecule has 3 fully saturated rings. The highest BCUT2D eigenvalue weighted by molar-refractivity contribution is 9.09. The molecule has 7 atom stereocenters. The summed E-state index contributed by atoms with van der Waals surface area (Å²) in [5.41, 5.74) is 0.832. The maximum Gasteiger partial charge on any atom is 0.247 e. The molecule has 4 heterocycles. The number of likely N-dealkylation sites (tertiary alicyclic amines) is 1. The number of halogens is 1. The molecule has 3 N–H and O–H groups in total. The van der Waals surface area contributed by atoms with E-state index in [0.717, 1.165) is 5.52 Å². The number of ether oxygens (including phenoxy) is 1. The van der Waals surface area contributed by atoms with Gasteiger partial charge in [-0.05, 0) is 36.6 Å². The van der Waals surface area contributed by atoms with Crippen LogP contribution < -0.4 is 10.6 Å². The van der Waals surface area contributed by atoms with Crippen LogP contribution in [0, 0.1) is 17.8 Å². The number of carbonyl (C=O) groups is 3. The highest BCUT2D eigenvalue weighted by Crippen LogP contribution is 2.60. The number of para-hydroxylation sites is 2. The van der Waals surface area contributed by atoms with E-state index in [2.05, 4.69) is 36.9 Å². The zero-order valence-corrected chi connectivity index (χ0v) is 23.7. The van der Waals surface area contributed by atoms with Crippen LogP contribution >= 0.6 is 15.9 Å². The van der Waals surface area contributed by atoms with Gasteiger partial charge in [-0.15, -0.1) is 5.10 Å². The fraction of sp³-hybridized carbons (Fsp3) is 0.464. The lowest BCUT2D eigenvalue weighted by Gasteiger charge is -2.38. The molecule has 1 aromatic heterocycles. The van der Waals surface area contributed by atoms with Crippen molar-refractivity contribution < 1.29 is 24.2 Å². The van der Waals surface area contributed by atoms with Crippen LogP contribution in [0.25, 0.3) is 11.0 Å². The minimum Gasteiger partial charge on any atom is -0.394 e. The molecule has 1 spiro atoms. The number of benzene rings is 2. The number of aliphatic hydroxyl groups is 1. The quantitative estimate of drug-likeness (QED) is 0.331. The van der Waals surface area contributed by atoms with Gasteiger partial charge in [0.25, 0.3) is 0 Å². The first-order valence-corrected chi connectivity index (χ1v) is 14.3. The average molecular weight is 611 g/mol. The van der Waals surface area contributed by atoms with Crippen LogP contribution in [0.1, 0.15) is 20.3 Å². The van der Waals surface area contributed by atoms with Crippen molar-refractivity contribution >= 4 is 50.4 Å². The standard InChI is InChI=1S/C28H31BrN6O5/c1-15(2)20(13-36)35-24(26(38)30-14-34-19-11-7-6-10-18(19)32-33-34)28-12-17(29)23(40-28)21(22(28)27(35)39)25(37)31-16-8-4-3-5-9-16/h3-11,15,17,20-24,36H,12-14H2,1-2H3,(H,30,38)(H,31,37)/t17?,20-,21+,22-,23+,24?,28?/m0/s1. The Kier molecular flexibility index (Phi) is 6.87. The van der Waals surface area contributed by atoms with Crippen molar-refractivity contribution in [3.63, 3.8) is 0 Å². The second-order valence-electron chi connectivity index (χ2n) is 11.0. The van der Waals surface area contributed by atoms with E-state index in [1.807, 2.05) is 56.3 Å². The van der Waals surface area contributed by atoms with Gasteiger partial charge in [-0.3, -0.25) is 14.4 Å². The van der Waals surface area contributed by atoms with E-state index >= 15 is 0 Å². The van der Waals surface area contributed by atoms with Gasteiger partial charge in [0.15, 0.2) is 0 Å². The van der Waals surface area contributed by atoms with Crippen LogP contribution in [-0.4, -0.2) is 77.9 Å². The summed E-state index contributed by atoms with van der Waals surface area (Å²) in [4.78, 5) is 43.1. The number of nitrogens with zero attached hydrogens (tertiary/aromatic N) is 4. The van der Waals surface area contributed by atoms with Crippen molar-refractivity contribution in [1.29, 1.82) is 0 Å². The van der Waals surface area contributed by atoms with Crippen molar-refractivity contribution in [3.05, 3.63) is 54.6 Å². The van der Waals surface area contributed by atoms with Crippen molar-refractivity contribution in [2.45, 2.75) is 55.6 Å².